The Hall–Kier alpha value is -0.900. The largest absolute Gasteiger partial charge is 0.376 e. The van der Waals surface area contributed by atoms with E-state index in [0.29, 0.717) is 24.1 Å². The number of guanidine groups is 1. The van der Waals surface area contributed by atoms with Crippen molar-refractivity contribution in [1.82, 2.24) is 20.4 Å². The summed E-state index contributed by atoms with van der Waals surface area (Å²) >= 11 is 0. The highest BCUT2D eigenvalue weighted by Crippen LogP contribution is 2.18. The molecule has 0 bridgehead atoms. The maximum Gasteiger partial charge on any atom is 0.191 e. The second kappa shape index (κ2) is 12.2. The first-order valence-corrected chi connectivity index (χ1v) is 11.1. The molecule has 1 aromatic rings. The van der Waals surface area contributed by atoms with Gasteiger partial charge in [-0.15, -0.1) is 24.0 Å². The summed E-state index contributed by atoms with van der Waals surface area (Å²) in [4.78, 5) is 9.46. The van der Waals surface area contributed by atoms with Crippen LogP contribution in [0.3, 0.4) is 0 Å². The second-order valence-corrected chi connectivity index (χ2v) is 8.94. The molecule has 3 unspecified atom stereocenters. The van der Waals surface area contributed by atoms with Gasteiger partial charge in [-0.2, -0.15) is 0 Å². The fourth-order valence-electron chi connectivity index (χ4n) is 4.30. The average Bonchev–Trinajstić information content (AvgIpc) is 3.06. The van der Waals surface area contributed by atoms with E-state index in [1.54, 1.807) is 0 Å². The van der Waals surface area contributed by atoms with Crippen molar-refractivity contribution in [3.63, 3.8) is 0 Å². The molecule has 2 aliphatic rings. The molecular weight excluding hydrogens is 489 g/mol. The van der Waals surface area contributed by atoms with E-state index in [1.807, 2.05) is 7.05 Å². The number of nitrogens with one attached hydrogen (secondary N) is 2. The number of hydrogen-bond acceptors (Lipinski definition) is 4. The molecule has 2 aliphatic heterocycles. The number of benzene rings is 1. The quantitative estimate of drug-likeness (QED) is 0.337. The summed E-state index contributed by atoms with van der Waals surface area (Å²) in [5, 5.41) is 7.13. The Morgan fingerprint density at radius 3 is 2.63 bits per heavy atom. The van der Waals surface area contributed by atoms with Gasteiger partial charge in [0.1, 0.15) is 0 Å². The van der Waals surface area contributed by atoms with Gasteiger partial charge in [0.15, 0.2) is 5.96 Å². The molecule has 6 nitrogen and oxygen atoms in total. The number of rotatable bonds is 6. The van der Waals surface area contributed by atoms with Crippen LogP contribution in [-0.4, -0.2) is 73.8 Å². The summed E-state index contributed by atoms with van der Waals surface area (Å²) in [6.07, 6.45) is 0.326. The lowest BCUT2D eigenvalue weighted by atomic mass is 10.1. The fourth-order valence-corrected chi connectivity index (χ4v) is 4.30. The van der Waals surface area contributed by atoms with E-state index >= 15 is 0 Å². The average molecular weight is 530 g/mol. The van der Waals surface area contributed by atoms with Crippen LogP contribution in [0.15, 0.2) is 29.3 Å². The Kier molecular flexibility index (Phi) is 10.3. The number of aliphatic imine (C=N–C) groups is 1. The summed E-state index contributed by atoms with van der Waals surface area (Å²) in [5.74, 6) is 1.51. The number of hydrogen-bond donors (Lipinski definition) is 2. The standard InChI is InChI=1S/C23H39N5O.HI/c1-17(2)28-13-18(3)22(16-28)26-23(24-5)25-12-20-7-6-8-21(11-20)15-27-9-10-29-19(4)14-27;/h6-8,11,17-19,22H,9-10,12-16H2,1-5H3,(H2,24,25,26);1H. The van der Waals surface area contributed by atoms with Gasteiger partial charge in [-0.05, 0) is 37.8 Å². The maximum absolute atomic E-state index is 5.65. The molecule has 1 aromatic carbocycles. The monoisotopic (exact) mass is 529 g/mol. The van der Waals surface area contributed by atoms with Crippen LogP contribution in [-0.2, 0) is 17.8 Å². The molecule has 2 fully saturated rings. The molecule has 2 N–H and O–H groups in total. The first-order chi connectivity index (χ1) is 13.9. The van der Waals surface area contributed by atoms with Crippen molar-refractivity contribution in [2.45, 2.75) is 59.0 Å². The van der Waals surface area contributed by atoms with Crippen molar-refractivity contribution in [2.24, 2.45) is 10.9 Å². The van der Waals surface area contributed by atoms with Crippen LogP contribution in [0.4, 0.5) is 0 Å². The van der Waals surface area contributed by atoms with Gasteiger partial charge < -0.3 is 15.4 Å². The minimum Gasteiger partial charge on any atom is -0.376 e. The van der Waals surface area contributed by atoms with Crippen LogP contribution in [0.2, 0.25) is 0 Å². The first-order valence-electron chi connectivity index (χ1n) is 11.1. The van der Waals surface area contributed by atoms with E-state index < -0.39 is 0 Å². The van der Waals surface area contributed by atoms with Crippen molar-refractivity contribution in [3.8, 4) is 0 Å². The molecule has 0 saturated carbocycles. The zero-order valence-corrected chi connectivity index (χ0v) is 21.6. The van der Waals surface area contributed by atoms with Gasteiger partial charge >= 0.3 is 0 Å². The Morgan fingerprint density at radius 1 is 1.20 bits per heavy atom. The summed E-state index contributed by atoms with van der Waals surface area (Å²) in [6, 6.07) is 9.90. The SMILES string of the molecule is CN=C(NCc1cccc(CN2CCOC(C)C2)c1)NC1CN(C(C)C)CC1C.I. The summed E-state index contributed by atoms with van der Waals surface area (Å²) < 4.78 is 5.65. The minimum absolute atomic E-state index is 0. The number of ether oxygens (including phenoxy) is 1. The molecule has 3 rings (SSSR count). The van der Waals surface area contributed by atoms with Crippen LogP contribution < -0.4 is 10.6 Å². The van der Waals surface area contributed by atoms with E-state index in [2.05, 4.69) is 77.4 Å². The molecule has 2 saturated heterocycles. The third-order valence-corrected chi connectivity index (χ3v) is 6.10. The lowest BCUT2D eigenvalue weighted by molar-refractivity contribution is -0.0212. The van der Waals surface area contributed by atoms with Crippen LogP contribution in [0, 0.1) is 5.92 Å². The molecule has 30 heavy (non-hydrogen) atoms. The van der Waals surface area contributed by atoms with Crippen molar-refractivity contribution in [1.29, 1.82) is 0 Å². The smallest absolute Gasteiger partial charge is 0.191 e. The Balaban J connectivity index is 0.00000320. The van der Waals surface area contributed by atoms with Crippen LogP contribution in [0.1, 0.15) is 38.8 Å². The molecular formula is C23H40IN5O. The topological polar surface area (TPSA) is 52.1 Å². The van der Waals surface area contributed by atoms with Crippen LogP contribution in [0.5, 0.6) is 0 Å². The van der Waals surface area contributed by atoms with Crippen molar-refractivity contribution >= 4 is 29.9 Å². The van der Waals surface area contributed by atoms with E-state index in [0.717, 1.165) is 51.8 Å². The molecule has 170 valence electrons. The normalized spacial score (nSPS) is 25.9. The molecule has 0 spiro atoms. The predicted octanol–water partition coefficient (Wildman–Crippen LogP) is 2.92. The van der Waals surface area contributed by atoms with E-state index in [9.17, 15) is 0 Å². The fraction of sp³-hybridized carbons (Fsp3) is 0.696. The Morgan fingerprint density at radius 2 is 1.97 bits per heavy atom. The van der Waals surface area contributed by atoms with E-state index in [4.69, 9.17) is 4.74 Å². The zero-order chi connectivity index (χ0) is 20.8. The summed E-state index contributed by atoms with van der Waals surface area (Å²) in [6.45, 7) is 15.8. The Bertz CT molecular complexity index is 683. The lowest BCUT2D eigenvalue weighted by Crippen LogP contribution is -2.46. The van der Waals surface area contributed by atoms with Gasteiger partial charge in [-0.1, -0.05) is 31.2 Å². The van der Waals surface area contributed by atoms with Crippen LogP contribution in [0.25, 0.3) is 0 Å². The highest BCUT2D eigenvalue weighted by atomic mass is 127. The van der Waals surface area contributed by atoms with E-state index in [-0.39, 0.29) is 24.0 Å². The third-order valence-electron chi connectivity index (χ3n) is 6.10. The Labute approximate surface area is 199 Å². The van der Waals surface area contributed by atoms with Gasteiger partial charge in [-0.25, -0.2) is 0 Å². The molecule has 0 amide bonds. The molecule has 0 radical (unpaired) electrons. The number of nitrogens with zero attached hydrogens (tertiary/aromatic N) is 3. The van der Waals surface area contributed by atoms with E-state index in [1.165, 1.54) is 11.1 Å². The van der Waals surface area contributed by atoms with Crippen molar-refractivity contribution in [2.75, 3.05) is 39.8 Å². The lowest BCUT2D eigenvalue weighted by Gasteiger charge is -2.31. The highest BCUT2D eigenvalue weighted by molar-refractivity contribution is 14.0. The zero-order valence-electron chi connectivity index (χ0n) is 19.2. The maximum atomic E-state index is 5.65. The number of halogens is 1. The van der Waals surface area contributed by atoms with Gasteiger partial charge in [-0.3, -0.25) is 14.8 Å². The summed E-state index contributed by atoms with van der Waals surface area (Å²) in [7, 11) is 1.85. The molecule has 0 aromatic heterocycles. The number of likely N-dealkylation sites (tertiary alicyclic amines) is 1. The molecule has 3 atom stereocenters. The number of morpholine rings is 1. The van der Waals surface area contributed by atoms with Crippen molar-refractivity contribution in [3.05, 3.63) is 35.4 Å². The van der Waals surface area contributed by atoms with Gasteiger partial charge in [0.25, 0.3) is 0 Å². The van der Waals surface area contributed by atoms with Gasteiger partial charge in [0.05, 0.1) is 12.7 Å². The summed E-state index contributed by atoms with van der Waals surface area (Å²) in [5.41, 5.74) is 2.65. The molecule has 7 heteroatoms. The van der Waals surface area contributed by atoms with Gasteiger partial charge in [0, 0.05) is 58.4 Å². The molecule has 0 aliphatic carbocycles. The highest BCUT2D eigenvalue weighted by Gasteiger charge is 2.31. The second-order valence-electron chi connectivity index (χ2n) is 8.94. The predicted molar refractivity (Wildman–Crippen MR) is 136 cm³/mol. The van der Waals surface area contributed by atoms with Crippen molar-refractivity contribution < 1.29 is 4.74 Å². The van der Waals surface area contributed by atoms with Gasteiger partial charge in [0.2, 0.25) is 0 Å². The third kappa shape index (κ3) is 7.35. The van der Waals surface area contributed by atoms with Crippen LogP contribution >= 0.6 is 24.0 Å². The minimum atomic E-state index is 0. The molecule has 2 heterocycles. The first kappa shape index (κ1) is 25.4.